The van der Waals surface area contributed by atoms with Crippen LogP contribution in [0.3, 0.4) is 0 Å². The average Bonchev–Trinajstić information content (AvgIpc) is 2.93. The van der Waals surface area contributed by atoms with Crippen molar-refractivity contribution in [1.29, 1.82) is 0 Å². The molecule has 1 aromatic heterocycles. The zero-order valence-electron chi connectivity index (χ0n) is 10.8. The van der Waals surface area contributed by atoms with E-state index in [1.54, 1.807) is 0 Å². The number of nitrogens with one attached hydrogen (secondary N) is 1. The third kappa shape index (κ3) is 2.55. The SMILES string of the molecule is O=C(O)c1sccc1CNC1CCOc2ccccc21. The molecule has 2 aromatic rings. The fourth-order valence-electron chi connectivity index (χ4n) is 2.45. The fraction of sp³-hybridized carbons (Fsp3) is 0.267. The summed E-state index contributed by atoms with van der Waals surface area (Å²) in [6, 6.07) is 10.1. The summed E-state index contributed by atoms with van der Waals surface area (Å²) in [6.45, 7) is 1.24. The number of benzene rings is 1. The number of carboxylic acids is 1. The van der Waals surface area contributed by atoms with E-state index in [0.717, 1.165) is 23.3 Å². The first kappa shape index (κ1) is 13.1. The van der Waals surface area contributed by atoms with Crippen LogP contribution in [0.4, 0.5) is 0 Å². The number of hydrogen-bond donors (Lipinski definition) is 2. The van der Waals surface area contributed by atoms with E-state index in [-0.39, 0.29) is 6.04 Å². The van der Waals surface area contributed by atoms with E-state index in [2.05, 4.69) is 11.4 Å². The first-order valence-electron chi connectivity index (χ1n) is 6.50. The summed E-state index contributed by atoms with van der Waals surface area (Å²) in [5.41, 5.74) is 1.98. The molecule has 4 nitrogen and oxygen atoms in total. The Morgan fingerprint density at radius 2 is 2.25 bits per heavy atom. The van der Waals surface area contributed by atoms with E-state index in [9.17, 15) is 4.79 Å². The number of rotatable bonds is 4. The van der Waals surface area contributed by atoms with E-state index in [0.29, 0.717) is 18.0 Å². The van der Waals surface area contributed by atoms with Gasteiger partial charge in [-0.2, -0.15) is 0 Å². The molecule has 1 aliphatic heterocycles. The van der Waals surface area contributed by atoms with Gasteiger partial charge in [-0.25, -0.2) is 4.79 Å². The molecule has 0 saturated heterocycles. The van der Waals surface area contributed by atoms with Crippen LogP contribution >= 0.6 is 11.3 Å². The number of aromatic carboxylic acids is 1. The van der Waals surface area contributed by atoms with Crippen molar-refractivity contribution in [2.45, 2.75) is 19.0 Å². The van der Waals surface area contributed by atoms with Crippen LogP contribution in [0.2, 0.25) is 0 Å². The number of carboxylic acid groups (broad SMARTS) is 1. The van der Waals surface area contributed by atoms with Crippen molar-refractivity contribution in [3.8, 4) is 5.75 Å². The highest BCUT2D eigenvalue weighted by molar-refractivity contribution is 7.12. The van der Waals surface area contributed by atoms with E-state index in [1.165, 1.54) is 11.3 Å². The highest BCUT2D eigenvalue weighted by atomic mass is 32.1. The molecule has 2 heterocycles. The molecule has 0 fully saturated rings. The lowest BCUT2D eigenvalue weighted by atomic mass is 10.0. The Morgan fingerprint density at radius 3 is 3.10 bits per heavy atom. The number of carbonyl (C=O) groups is 1. The summed E-state index contributed by atoms with van der Waals surface area (Å²) in [4.78, 5) is 11.5. The van der Waals surface area contributed by atoms with Gasteiger partial charge in [0.2, 0.25) is 0 Å². The molecule has 0 spiro atoms. The van der Waals surface area contributed by atoms with Crippen molar-refractivity contribution in [2.75, 3.05) is 6.61 Å². The van der Waals surface area contributed by atoms with Crippen LogP contribution in [-0.4, -0.2) is 17.7 Å². The molecule has 0 saturated carbocycles. The molecule has 5 heteroatoms. The standard InChI is InChI=1S/C15H15NO3S/c17-15(18)14-10(6-8-20-14)9-16-12-5-7-19-13-4-2-1-3-11(12)13/h1-4,6,8,12,16H,5,7,9H2,(H,17,18). The van der Waals surface area contributed by atoms with Gasteiger partial charge in [-0.05, 0) is 23.1 Å². The van der Waals surface area contributed by atoms with Gasteiger partial charge in [-0.15, -0.1) is 11.3 Å². The van der Waals surface area contributed by atoms with Gasteiger partial charge in [0, 0.05) is 24.6 Å². The molecule has 0 amide bonds. The number of fused-ring (bicyclic) bond motifs is 1. The van der Waals surface area contributed by atoms with Crippen molar-refractivity contribution in [2.24, 2.45) is 0 Å². The molecule has 3 rings (SSSR count). The summed E-state index contributed by atoms with van der Waals surface area (Å²) < 4.78 is 5.62. The normalized spacial score (nSPS) is 17.3. The second kappa shape index (κ2) is 5.64. The van der Waals surface area contributed by atoms with Gasteiger partial charge in [0.25, 0.3) is 0 Å². The van der Waals surface area contributed by atoms with Crippen molar-refractivity contribution in [3.63, 3.8) is 0 Å². The summed E-state index contributed by atoms with van der Waals surface area (Å²) in [6.07, 6.45) is 0.892. The van der Waals surface area contributed by atoms with E-state index in [4.69, 9.17) is 9.84 Å². The summed E-state index contributed by atoms with van der Waals surface area (Å²) in [5, 5.41) is 14.4. The van der Waals surface area contributed by atoms with Crippen molar-refractivity contribution < 1.29 is 14.6 Å². The van der Waals surface area contributed by atoms with Crippen LogP contribution in [0.1, 0.15) is 33.3 Å². The average molecular weight is 289 g/mol. The maximum absolute atomic E-state index is 11.1. The van der Waals surface area contributed by atoms with Gasteiger partial charge in [0.15, 0.2) is 0 Å². The van der Waals surface area contributed by atoms with Gasteiger partial charge < -0.3 is 15.2 Å². The second-order valence-corrected chi connectivity index (χ2v) is 5.60. The Kier molecular flexibility index (Phi) is 3.71. The van der Waals surface area contributed by atoms with Gasteiger partial charge in [0.05, 0.1) is 6.61 Å². The van der Waals surface area contributed by atoms with Crippen LogP contribution in [0, 0.1) is 0 Å². The lowest BCUT2D eigenvalue weighted by Crippen LogP contribution is -2.27. The Morgan fingerprint density at radius 1 is 1.40 bits per heavy atom. The van der Waals surface area contributed by atoms with Crippen molar-refractivity contribution in [3.05, 3.63) is 51.7 Å². The number of ether oxygens (including phenoxy) is 1. The maximum Gasteiger partial charge on any atom is 0.346 e. The third-order valence-corrected chi connectivity index (χ3v) is 4.38. The molecular weight excluding hydrogens is 274 g/mol. The molecule has 0 bridgehead atoms. The fourth-order valence-corrected chi connectivity index (χ4v) is 3.21. The van der Waals surface area contributed by atoms with E-state index >= 15 is 0 Å². The number of thiophene rings is 1. The first-order chi connectivity index (χ1) is 9.75. The van der Waals surface area contributed by atoms with Gasteiger partial charge in [0.1, 0.15) is 10.6 Å². The van der Waals surface area contributed by atoms with Crippen LogP contribution in [0.5, 0.6) is 5.75 Å². The molecule has 2 N–H and O–H groups in total. The first-order valence-corrected chi connectivity index (χ1v) is 7.38. The Hall–Kier alpha value is -1.85. The molecule has 0 aliphatic carbocycles. The molecular formula is C15H15NO3S. The molecule has 1 atom stereocenters. The van der Waals surface area contributed by atoms with E-state index in [1.807, 2.05) is 29.6 Å². The van der Waals surface area contributed by atoms with Gasteiger partial charge >= 0.3 is 5.97 Å². The largest absolute Gasteiger partial charge is 0.493 e. The lowest BCUT2D eigenvalue weighted by molar-refractivity contribution is 0.0701. The molecule has 1 unspecified atom stereocenters. The lowest BCUT2D eigenvalue weighted by Gasteiger charge is -2.26. The molecule has 0 radical (unpaired) electrons. The predicted molar refractivity (Wildman–Crippen MR) is 77.4 cm³/mol. The number of para-hydroxylation sites is 1. The molecule has 104 valence electrons. The number of hydrogen-bond acceptors (Lipinski definition) is 4. The minimum absolute atomic E-state index is 0.210. The Bertz CT molecular complexity index is 623. The second-order valence-electron chi connectivity index (χ2n) is 4.69. The highest BCUT2D eigenvalue weighted by Gasteiger charge is 2.21. The topological polar surface area (TPSA) is 58.6 Å². The highest BCUT2D eigenvalue weighted by Crippen LogP contribution is 2.32. The van der Waals surface area contributed by atoms with Gasteiger partial charge in [-0.1, -0.05) is 18.2 Å². The predicted octanol–water partition coefficient (Wildman–Crippen LogP) is 3.06. The third-order valence-electron chi connectivity index (χ3n) is 3.44. The van der Waals surface area contributed by atoms with Crippen LogP contribution in [-0.2, 0) is 6.54 Å². The maximum atomic E-state index is 11.1. The quantitative estimate of drug-likeness (QED) is 0.908. The van der Waals surface area contributed by atoms with Crippen molar-refractivity contribution in [1.82, 2.24) is 5.32 Å². The van der Waals surface area contributed by atoms with E-state index < -0.39 is 5.97 Å². The smallest absolute Gasteiger partial charge is 0.346 e. The minimum atomic E-state index is -0.857. The molecule has 1 aromatic carbocycles. The zero-order chi connectivity index (χ0) is 13.9. The van der Waals surface area contributed by atoms with Gasteiger partial charge in [-0.3, -0.25) is 0 Å². The Labute approximate surface area is 121 Å². The monoisotopic (exact) mass is 289 g/mol. The summed E-state index contributed by atoms with van der Waals surface area (Å²) in [5.74, 6) is 0.0594. The van der Waals surface area contributed by atoms with Crippen molar-refractivity contribution >= 4 is 17.3 Å². The van der Waals surface area contributed by atoms with Crippen LogP contribution in [0.25, 0.3) is 0 Å². The summed E-state index contributed by atoms with van der Waals surface area (Å²) in [7, 11) is 0. The van der Waals surface area contributed by atoms with Crippen LogP contribution < -0.4 is 10.1 Å². The summed E-state index contributed by atoms with van der Waals surface area (Å²) >= 11 is 1.27. The Balaban J connectivity index is 1.73. The molecule has 20 heavy (non-hydrogen) atoms. The zero-order valence-corrected chi connectivity index (χ0v) is 11.7. The van der Waals surface area contributed by atoms with Crippen LogP contribution in [0.15, 0.2) is 35.7 Å². The molecule has 1 aliphatic rings. The minimum Gasteiger partial charge on any atom is -0.493 e.